The lowest BCUT2D eigenvalue weighted by atomic mass is 9.93. The first kappa shape index (κ1) is 23.2. The number of hydrogen-bond acceptors (Lipinski definition) is 7. The van der Waals surface area contributed by atoms with Gasteiger partial charge in [-0.05, 0) is 43.5 Å². The van der Waals surface area contributed by atoms with Gasteiger partial charge in [-0.15, -0.1) is 10.2 Å². The maximum absolute atomic E-state index is 13.0. The molecule has 2 amide bonds. The summed E-state index contributed by atoms with van der Waals surface area (Å²) in [6.45, 7) is 1.24. The Labute approximate surface area is 195 Å². The van der Waals surface area contributed by atoms with E-state index in [2.05, 4.69) is 31.0 Å². The minimum Gasteiger partial charge on any atom is -0.368 e. The lowest BCUT2D eigenvalue weighted by Gasteiger charge is -2.20. The SMILES string of the molecule is O=C(CCCc1nc(-c2ccc(F)cc2)no1)NCCCCNC1=C2C=CC=CC2C(=O)N=N1. The van der Waals surface area contributed by atoms with Crippen molar-refractivity contribution in [3.05, 3.63) is 71.7 Å². The molecule has 4 rings (SSSR count). The Morgan fingerprint density at radius 3 is 2.74 bits per heavy atom. The fourth-order valence-corrected chi connectivity index (χ4v) is 3.59. The Bertz CT molecular complexity index is 1150. The van der Waals surface area contributed by atoms with Crippen LogP contribution >= 0.6 is 0 Å². The topological polar surface area (TPSA) is 122 Å². The van der Waals surface area contributed by atoms with E-state index >= 15 is 0 Å². The summed E-state index contributed by atoms with van der Waals surface area (Å²) in [4.78, 5) is 28.1. The summed E-state index contributed by atoms with van der Waals surface area (Å²) in [6, 6.07) is 5.86. The molecule has 0 radical (unpaired) electrons. The molecule has 1 atom stereocenters. The zero-order chi connectivity index (χ0) is 23.8. The second kappa shape index (κ2) is 11.3. The van der Waals surface area contributed by atoms with Crippen molar-refractivity contribution >= 4 is 11.8 Å². The monoisotopic (exact) mass is 464 g/mol. The number of unbranched alkanes of at least 4 members (excludes halogenated alkanes) is 1. The molecule has 1 aliphatic carbocycles. The van der Waals surface area contributed by atoms with Crippen molar-refractivity contribution in [3.63, 3.8) is 0 Å². The van der Waals surface area contributed by atoms with Crippen LogP contribution in [0.1, 0.15) is 31.6 Å². The van der Waals surface area contributed by atoms with Crippen molar-refractivity contribution in [1.82, 2.24) is 20.8 Å². The molecule has 2 aromatic rings. The van der Waals surface area contributed by atoms with Crippen LogP contribution in [0.4, 0.5) is 4.39 Å². The summed E-state index contributed by atoms with van der Waals surface area (Å²) < 4.78 is 18.2. The second-order valence-electron chi connectivity index (χ2n) is 7.92. The largest absolute Gasteiger partial charge is 0.368 e. The zero-order valence-electron chi connectivity index (χ0n) is 18.5. The molecule has 0 fully saturated rings. The summed E-state index contributed by atoms with van der Waals surface area (Å²) in [5, 5.41) is 17.7. The van der Waals surface area contributed by atoms with Crippen LogP contribution in [0.25, 0.3) is 11.4 Å². The molecule has 0 saturated carbocycles. The number of carbonyl (C=O) groups excluding carboxylic acids is 2. The number of allylic oxidation sites excluding steroid dienone is 3. The van der Waals surface area contributed by atoms with E-state index in [-0.39, 0.29) is 23.5 Å². The number of hydrogen-bond donors (Lipinski definition) is 2. The number of amides is 2. The van der Waals surface area contributed by atoms with Crippen molar-refractivity contribution in [3.8, 4) is 11.4 Å². The molecule has 1 aromatic heterocycles. The van der Waals surface area contributed by atoms with Crippen LogP contribution in [0.3, 0.4) is 0 Å². The highest BCUT2D eigenvalue weighted by Gasteiger charge is 2.26. The molecule has 9 nitrogen and oxygen atoms in total. The Kier molecular flexibility index (Phi) is 7.69. The maximum atomic E-state index is 13.0. The molecule has 0 spiro atoms. The fourth-order valence-electron chi connectivity index (χ4n) is 3.59. The molecule has 10 heteroatoms. The highest BCUT2D eigenvalue weighted by Crippen LogP contribution is 2.27. The average molecular weight is 465 g/mol. The normalized spacial score (nSPS) is 16.6. The molecule has 34 heavy (non-hydrogen) atoms. The zero-order valence-corrected chi connectivity index (χ0v) is 18.5. The maximum Gasteiger partial charge on any atom is 0.276 e. The number of aromatic nitrogens is 2. The van der Waals surface area contributed by atoms with Crippen molar-refractivity contribution < 1.29 is 18.5 Å². The minimum atomic E-state index is -0.356. The third-order valence-corrected chi connectivity index (χ3v) is 5.40. The fraction of sp³-hybridized carbons (Fsp3) is 0.333. The number of nitrogens with one attached hydrogen (secondary N) is 2. The summed E-state index contributed by atoms with van der Waals surface area (Å²) in [6.07, 6.45) is 10.5. The van der Waals surface area contributed by atoms with Crippen molar-refractivity contribution in [2.45, 2.75) is 32.1 Å². The van der Waals surface area contributed by atoms with Crippen molar-refractivity contribution in [2.24, 2.45) is 16.1 Å². The van der Waals surface area contributed by atoms with Crippen LogP contribution in [0, 0.1) is 11.7 Å². The number of azo groups is 1. The van der Waals surface area contributed by atoms with E-state index in [9.17, 15) is 14.0 Å². The van der Waals surface area contributed by atoms with Gasteiger partial charge < -0.3 is 15.2 Å². The predicted octanol–water partition coefficient (Wildman–Crippen LogP) is 3.63. The minimum absolute atomic E-state index is 0.0299. The van der Waals surface area contributed by atoms with Gasteiger partial charge in [0.05, 0.1) is 5.92 Å². The highest BCUT2D eigenvalue weighted by atomic mass is 19.1. The first-order chi connectivity index (χ1) is 16.6. The first-order valence-electron chi connectivity index (χ1n) is 11.2. The van der Waals surface area contributed by atoms with Crippen LogP contribution in [0.15, 0.2) is 74.7 Å². The number of fused-ring (bicyclic) bond motifs is 1. The van der Waals surface area contributed by atoms with Gasteiger partial charge in [-0.2, -0.15) is 4.98 Å². The van der Waals surface area contributed by atoms with Crippen molar-refractivity contribution in [1.29, 1.82) is 0 Å². The van der Waals surface area contributed by atoms with Gasteiger partial charge in [0.1, 0.15) is 5.82 Å². The second-order valence-corrected chi connectivity index (χ2v) is 7.92. The van der Waals surface area contributed by atoms with E-state index in [0.29, 0.717) is 55.5 Å². The number of benzene rings is 1. The van der Waals surface area contributed by atoms with Gasteiger partial charge in [0.15, 0.2) is 5.82 Å². The molecule has 2 heterocycles. The number of halogens is 1. The van der Waals surface area contributed by atoms with Crippen LogP contribution < -0.4 is 10.6 Å². The summed E-state index contributed by atoms with van der Waals surface area (Å²) in [5.41, 5.74) is 1.51. The summed E-state index contributed by atoms with van der Waals surface area (Å²) >= 11 is 0. The average Bonchev–Trinajstić information content (AvgIpc) is 3.32. The molecule has 1 unspecified atom stereocenters. The number of nitrogens with zero attached hydrogens (tertiary/aromatic N) is 4. The van der Waals surface area contributed by atoms with Gasteiger partial charge in [0.25, 0.3) is 5.91 Å². The van der Waals surface area contributed by atoms with Gasteiger partial charge in [-0.1, -0.05) is 29.5 Å². The third kappa shape index (κ3) is 6.09. The van der Waals surface area contributed by atoms with Gasteiger partial charge >= 0.3 is 0 Å². The lowest BCUT2D eigenvalue weighted by Crippen LogP contribution is -2.26. The van der Waals surface area contributed by atoms with Gasteiger partial charge in [-0.25, -0.2) is 4.39 Å². The molecule has 2 aliphatic rings. The number of rotatable bonds is 11. The van der Waals surface area contributed by atoms with E-state index < -0.39 is 0 Å². The quantitative estimate of drug-likeness (QED) is 0.490. The Hall–Kier alpha value is -3.95. The van der Waals surface area contributed by atoms with E-state index in [1.54, 1.807) is 12.1 Å². The van der Waals surface area contributed by atoms with Crippen LogP contribution in [0.5, 0.6) is 0 Å². The van der Waals surface area contributed by atoms with Crippen molar-refractivity contribution in [2.75, 3.05) is 13.1 Å². The molecular weight excluding hydrogens is 439 g/mol. The van der Waals surface area contributed by atoms with Gasteiger partial charge in [-0.3, -0.25) is 9.59 Å². The molecule has 1 aromatic carbocycles. The third-order valence-electron chi connectivity index (χ3n) is 5.40. The molecule has 2 N–H and O–H groups in total. The van der Waals surface area contributed by atoms with Crippen LogP contribution in [0.2, 0.25) is 0 Å². The highest BCUT2D eigenvalue weighted by molar-refractivity contribution is 5.86. The lowest BCUT2D eigenvalue weighted by molar-refractivity contribution is -0.121. The first-order valence-corrected chi connectivity index (χ1v) is 11.2. The van der Waals surface area contributed by atoms with E-state index in [4.69, 9.17) is 4.52 Å². The van der Waals surface area contributed by atoms with Gasteiger partial charge in [0, 0.05) is 37.1 Å². The van der Waals surface area contributed by atoms with Gasteiger partial charge in [0.2, 0.25) is 17.6 Å². The van der Waals surface area contributed by atoms with Crippen LogP contribution in [-0.4, -0.2) is 35.0 Å². The molecular formula is C24H25FN6O3. The summed E-state index contributed by atoms with van der Waals surface area (Å²) in [7, 11) is 0. The van der Waals surface area contributed by atoms with Crippen LogP contribution in [-0.2, 0) is 16.0 Å². The summed E-state index contributed by atoms with van der Waals surface area (Å²) in [5.74, 6) is 0.504. The van der Waals surface area contributed by atoms with E-state index in [1.807, 2.05) is 24.3 Å². The smallest absolute Gasteiger partial charge is 0.276 e. The molecule has 0 bridgehead atoms. The number of carbonyl (C=O) groups is 2. The Balaban J connectivity index is 1.09. The molecule has 176 valence electrons. The Morgan fingerprint density at radius 2 is 1.88 bits per heavy atom. The standard InChI is InChI=1S/C24H25FN6O3/c25-17-12-10-16(11-13-17)22-28-21(34-31-22)9-5-8-20(32)26-14-3-4-15-27-23-18-6-1-2-7-19(18)24(33)30-29-23/h1-2,6-7,10-13,19,27H,3-5,8-9,14-15H2,(H,26,32). The molecule has 1 aliphatic heterocycles. The van der Waals surface area contributed by atoms with E-state index in [1.165, 1.54) is 12.1 Å². The Morgan fingerprint density at radius 1 is 1.06 bits per heavy atom. The van der Waals surface area contributed by atoms with E-state index in [0.717, 1.165) is 18.4 Å². The number of aryl methyl sites for hydroxylation is 1. The predicted molar refractivity (Wildman–Crippen MR) is 122 cm³/mol. The molecule has 0 saturated heterocycles.